The van der Waals surface area contributed by atoms with Gasteiger partial charge in [-0.2, -0.15) is 0 Å². The van der Waals surface area contributed by atoms with Crippen LogP contribution in [0.4, 0.5) is 5.69 Å². The smallest absolute Gasteiger partial charge is 0.262 e. The lowest BCUT2D eigenvalue weighted by Gasteiger charge is -2.15. The number of rotatable bonds is 8. The van der Waals surface area contributed by atoms with Crippen molar-refractivity contribution in [3.05, 3.63) is 90.0 Å². The highest BCUT2D eigenvalue weighted by Gasteiger charge is 2.11. The number of para-hydroxylation sites is 3. The van der Waals surface area contributed by atoms with E-state index in [0.717, 1.165) is 16.8 Å². The number of nitrogens with one attached hydrogen (secondary N) is 1. The van der Waals surface area contributed by atoms with Crippen molar-refractivity contribution in [1.82, 2.24) is 0 Å². The van der Waals surface area contributed by atoms with E-state index in [1.807, 2.05) is 72.8 Å². The Morgan fingerprint density at radius 3 is 2.14 bits per heavy atom. The van der Waals surface area contributed by atoms with E-state index in [2.05, 4.69) is 19.2 Å². The molecule has 0 atom stereocenters. The number of carbonyl (C=O) groups is 1. The van der Waals surface area contributed by atoms with E-state index in [9.17, 15) is 4.79 Å². The molecular formula is C24H25NO3. The lowest BCUT2D eigenvalue weighted by atomic mass is 10.0. The zero-order chi connectivity index (χ0) is 19.8. The molecule has 0 bridgehead atoms. The first-order valence-electron chi connectivity index (χ1n) is 9.41. The summed E-state index contributed by atoms with van der Waals surface area (Å²) < 4.78 is 11.6. The molecule has 0 radical (unpaired) electrons. The predicted molar refractivity (Wildman–Crippen MR) is 112 cm³/mol. The molecule has 0 heterocycles. The summed E-state index contributed by atoms with van der Waals surface area (Å²) in [7, 11) is 0. The molecule has 0 aliphatic rings. The molecule has 0 unspecified atom stereocenters. The Labute approximate surface area is 166 Å². The van der Waals surface area contributed by atoms with Crippen LogP contribution in [0.1, 0.15) is 30.9 Å². The fourth-order valence-electron chi connectivity index (χ4n) is 2.87. The molecule has 0 saturated heterocycles. The summed E-state index contributed by atoms with van der Waals surface area (Å²) >= 11 is 0. The molecule has 3 rings (SSSR count). The Morgan fingerprint density at radius 1 is 0.821 bits per heavy atom. The summed E-state index contributed by atoms with van der Waals surface area (Å²) in [6, 6.07) is 25.1. The van der Waals surface area contributed by atoms with Gasteiger partial charge >= 0.3 is 0 Å². The van der Waals surface area contributed by atoms with E-state index in [1.54, 1.807) is 6.07 Å². The van der Waals surface area contributed by atoms with Gasteiger partial charge in [0.05, 0.1) is 0 Å². The van der Waals surface area contributed by atoms with E-state index < -0.39 is 0 Å². The molecule has 28 heavy (non-hydrogen) atoms. The van der Waals surface area contributed by atoms with Gasteiger partial charge in [0, 0.05) is 5.69 Å². The van der Waals surface area contributed by atoms with Crippen LogP contribution in [0, 0.1) is 0 Å². The molecule has 0 aliphatic carbocycles. The second-order valence-corrected chi connectivity index (χ2v) is 6.80. The Kier molecular flexibility index (Phi) is 6.68. The molecule has 0 aromatic heterocycles. The number of hydrogen-bond acceptors (Lipinski definition) is 3. The summed E-state index contributed by atoms with van der Waals surface area (Å²) in [5, 5.41) is 2.93. The summed E-state index contributed by atoms with van der Waals surface area (Å²) in [6.45, 7) is 4.55. The van der Waals surface area contributed by atoms with Gasteiger partial charge in [-0.1, -0.05) is 74.5 Å². The van der Waals surface area contributed by atoms with E-state index in [1.165, 1.54) is 0 Å². The standard InChI is InChI=1S/C24H25NO3/c1-18(2)20-12-6-7-13-21(20)25-24(26)17-28-23-15-9-8-14-22(23)27-16-19-10-4-3-5-11-19/h3-15,18H,16-17H2,1-2H3,(H,25,26). The molecule has 0 aliphatic heterocycles. The van der Waals surface area contributed by atoms with Gasteiger partial charge in [0.1, 0.15) is 6.61 Å². The van der Waals surface area contributed by atoms with Crippen molar-refractivity contribution in [3.8, 4) is 11.5 Å². The predicted octanol–water partition coefficient (Wildman–Crippen LogP) is 5.41. The Balaban J connectivity index is 1.59. The van der Waals surface area contributed by atoms with E-state index >= 15 is 0 Å². The molecule has 3 aromatic carbocycles. The van der Waals surface area contributed by atoms with Crippen molar-refractivity contribution in [2.75, 3.05) is 11.9 Å². The first-order valence-corrected chi connectivity index (χ1v) is 9.41. The van der Waals surface area contributed by atoms with E-state index in [4.69, 9.17) is 9.47 Å². The van der Waals surface area contributed by atoms with E-state index in [0.29, 0.717) is 24.0 Å². The van der Waals surface area contributed by atoms with Crippen LogP contribution in [0.3, 0.4) is 0 Å². The second-order valence-electron chi connectivity index (χ2n) is 6.80. The number of ether oxygens (including phenoxy) is 2. The second kappa shape index (κ2) is 9.60. The third kappa shape index (κ3) is 5.36. The monoisotopic (exact) mass is 375 g/mol. The lowest BCUT2D eigenvalue weighted by molar-refractivity contribution is -0.118. The van der Waals surface area contributed by atoms with Crippen molar-refractivity contribution in [2.45, 2.75) is 26.4 Å². The number of carbonyl (C=O) groups excluding carboxylic acids is 1. The number of benzene rings is 3. The SMILES string of the molecule is CC(C)c1ccccc1NC(=O)COc1ccccc1OCc1ccccc1. The highest BCUT2D eigenvalue weighted by atomic mass is 16.5. The quantitative estimate of drug-likeness (QED) is 0.573. The van der Waals surface area contributed by atoms with E-state index in [-0.39, 0.29) is 12.5 Å². The normalized spacial score (nSPS) is 10.5. The maximum Gasteiger partial charge on any atom is 0.262 e. The molecule has 144 valence electrons. The average Bonchev–Trinajstić information content (AvgIpc) is 2.72. The maximum atomic E-state index is 12.4. The van der Waals surface area contributed by atoms with Gasteiger partial charge in [0.15, 0.2) is 18.1 Å². The highest BCUT2D eigenvalue weighted by Crippen LogP contribution is 2.28. The number of hydrogen-bond donors (Lipinski definition) is 1. The third-order valence-corrected chi connectivity index (χ3v) is 4.30. The summed E-state index contributed by atoms with van der Waals surface area (Å²) in [5.74, 6) is 1.28. The summed E-state index contributed by atoms with van der Waals surface area (Å²) in [4.78, 5) is 12.4. The minimum Gasteiger partial charge on any atom is -0.485 e. The molecule has 0 saturated carbocycles. The molecule has 0 fully saturated rings. The Morgan fingerprint density at radius 2 is 1.43 bits per heavy atom. The van der Waals surface area contributed by atoms with Crippen LogP contribution in [0.5, 0.6) is 11.5 Å². The molecular weight excluding hydrogens is 350 g/mol. The zero-order valence-corrected chi connectivity index (χ0v) is 16.2. The van der Waals surface area contributed by atoms with Gasteiger partial charge < -0.3 is 14.8 Å². The topological polar surface area (TPSA) is 47.6 Å². The Hall–Kier alpha value is -3.27. The van der Waals surface area contributed by atoms with Gasteiger partial charge in [-0.3, -0.25) is 4.79 Å². The molecule has 4 heteroatoms. The van der Waals surface area contributed by atoms with Gasteiger partial charge in [-0.25, -0.2) is 0 Å². The van der Waals surface area contributed by atoms with Crippen molar-refractivity contribution >= 4 is 11.6 Å². The van der Waals surface area contributed by atoms with Crippen molar-refractivity contribution in [2.24, 2.45) is 0 Å². The minimum atomic E-state index is -0.203. The Bertz CT molecular complexity index is 906. The maximum absolute atomic E-state index is 12.4. The van der Waals surface area contributed by atoms with Crippen LogP contribution in [-0.2, 0) is 11.4 Å². The zero-order valence-electron chi connectivity index (χ0n) is 16.2. The largest absolute Gasteiger partial charge is 0.485 e. The van der Waals surface area contributed by atoms with Crippen LogP contribution in [0.15, 0.2) is 78.9 Å². The highest BCUT2D eigenvalue weighted by molar-refractivity contribution is 5.92. The summed E-state index contributed by atoms with van der Waals surface area (Å²) in [5.41, 5.74) is 2.99. The summed E-state index contributed by atoms with van der Waals surface area (Å²) in [6.07, 6.45) is 0. The van der Waals surface area contributed by atoms with Crippen LogP contribution >= 0.6 is 0 Å². The van der Waals surface area contributed by atoms with Gasteiger partial charge in [0.25, 0.3) is 5.91 Å². The average molecular weight is 375 g/mol. The molecule has 3 aromatic rings. The fraction of sp³-hybridized carbons (Fsp3) is 0.208. The van der Waals surface area contributed by atoms with Crippen LogP contribution in [0.2, 0.25) is 0 Å². The fourth-order valence-corrected chi connectivity index (χ4v) is 2.87. The van der Waals surface area contributed by atoms with Gasteiger partial charge in [0.2, 0.25) is 0 Å². The van der Waals surface area contributed by atoms with Crippen molar-refractivity contribution in [1.29, 1.82) is 0 Å². The van der Waals surface area contributed by atoms with Gasteiger partial charge in [-0.15, -0.1) is 0 Å². The van der Waals surface area contributed by atoms with Crippen LogP contribution in [-0.4, -0.2) is 12.5 Å². The number of amides is 1. The minimum absolute atomic E-state index is 0.0852. The number of anilines is 1. The van der Waals surface area contributed by atoms with Crippen molar-refractivity contribution < 1.29 is 14.3 Å². The van der Waals surface area contributed by atoms with Gasteiger partial charge in [-0.05, 0) is 35.2 Å². The van der Waals surface area contributed by atoms with Crippen molar-refractivity contribution in [3.63, 3.8) is 0 Å². The third-order valence-electron chi connectivity index (χ3n) is 4.30. The molecule has 1 amide bonds. The first kappa shape index (κ1) is 19.5. The lowest BCUT2D eigenvalue weighted by Crippen LogP contribution is -2.21. The molecule has 4 nitrogen and oxygen atoms in total. The van der Waals surface area contributed by atoms with Crippen LogP contribution < -0.4 is 14.8 Å². The van der Waals surface area contributed by atoms with Crippen LogP contribution in [0.25, 0.3) is 0 Å². The molecule has 1 N–H and O–H groups in total. The molecule has 0 spiro atoms. The first-order chi connectivity index (χ1) is 13.6.